The first-order chi connectivity index (χ1) is 12.4. The maximum atomic E-state index is 12.8. The zero-order chi connectivity index (χ0) is 18.7. The van der Waals surface area contributed by atoms with Crippen LogP contribution in [0.15, 0.2) is 57.9 Å². The zero-order valence-corrected chi connectivity index (χ0v) is 15.8. The van der Waals surface area contributed by atoms with Crippen molar-refractivity contribution in [2.24, 2.45) is 0 Å². The van der Waals surface area contributed by atoms with Crippen molar-refractivity contribution < 1.29 is 12.9 Å². The summed E-state index contributed by atoms with van der Waals surface area (Å²) in [4.78, 5) is 4.66. The molecule has 0 aliphatic carbocycles. The molecular formula is C19H21N3O3S. The summed E-state index contributed by atoms with van der Waals surface area (Å²) in [6.07, 6.45) is 0.372. The van der Waals surface area contributed by atoms with E-state index in [9.17, 15) is 8.42 Å². The van der Waals surface area contributed by atoms with Gasteiger partial charge in [0, 0.05) is 25.6 Å². The average Bonchev–Trinajstić information content (AvgIpc) is 3.09. The molecule has 6 nitrogen and oxygen atoms in total. The Bertz CT molecular complexity index is 998. The highest BCUT2D eigenvalue weighted by atomic mass is 32.2. The maximum Gasteiger partial charge on any atom is 0.257 e. The number of sulfonamides is 1. The van der Waals surface area contributed by atoms with Gasteiger partial charge in [-0.15, -0.1) is 0 Å². The lowest BCUT2D eigenvalue weighted by Crippen LogP contribution is -2.29. The van der Waals surface area contributed by atoms with Crippen molar-refractivity contribution in [3.63, 3.8) is 0 Å². The van der Waals surface area contributed by atoms with Gasteiger partial charge in [0.25, 0.3) is 5.89 Å². The molecule has 7 heteroatoms. The highest BCUT2D eigenvalue weighted by molar-refractivity contribution is 7.89. The molecule has 3 rings (SSSR count). The van der Waals surface area contributed by atoms with Gasteiger partial charge in [0.05, 0.1) is 4.90 Å². The van der Waals surface area contributed by atoms with Gasteiger partial charge >= 0.3 is 0 Å². The molecule has 0 saturated carbocycles. The number of aromatic nitrogens is 2. The van der Waals surface area contributed by atoms with Gasteiger partial charge in [-0.2, -0.15) is 4.98 Å². The van der Waals surface area contributed by atoms with Crippen molar-refractivity contribution in [2.75, 3.05) is 13.6 Å². The van der Waals surface area contributed by atoms with Crippen LogP contribution in [-0.4, -0.2) is 36.5 Å². The molecule has 0 N–H and O–H groups in total. The molecule has 0 atom stereocenters. The van der Waals surface area contributed by atoms with Gasteiger partial charge in [-0.05, 0) is 37.6 Å². The summed E-state index contributed by atoms with van der Waals surface area (Å²) in [7, 11) is -1.99. The van der Waals surface area contributed by atoms with E-state index >= 15 is 0 Å². The minimum absolute atomic E-state index is 0.267. The van der Waals surface area contributed by atoms with Crippen molar-refractivity contribution >= 4 is 10.0 Å². The van der Waals surface area contributed by atoms with Gasteiger partial charge in [-0.1, -0.05) is 41.1 Å². The third kappa shape index (κ3) is 3.84. The lowest BCUT2D eigenvalue weighted by atomic mass is 10.2. The number of hydrogen-bond acceptors (Lipinski definition) is 5. The van der Waals surface area contributed by atoms with Crippen LogP contribution in [0, 0.1) is 13.8 Å². The van der Waals surface area contributed by atoms with E-state index in [1.807, 2.05) is 43.3 Å². The molecule has 0 bridgehead atoms. The molecule has 0 unspecified atom stereocenters. The first-order valence-corrected chi connectivity index (χ1v) is 9.73. The van der Waals surface area contributed by atoms with Crippen LogP contribution in [0.4, 0.5) is 0 Å². The Balaban J connectivity index is 1.70. The largest absolute Gasteiger partial charge is 0.334 e. The molecule has 26 heavy (non-hydrogen) atoms. The van der Waals surface area contributed by atoms with Crippen LogP contribution in [-0.2, 0) is 16.4 Å². The highest BCUT2D eigenvalue weighted by Crippen LogP contribution is 2.21. The van der Waals surface area contributed by atoms with Gasteiger partial charge in [-0.25, -0.2) is 12.7 Å². The van der Waals surface area contributed by atoms with E-state index in [1.165, 1.54) is 4.31 Å². The summed E-state index contributed by atoms with van der Waals surface area (Å²) in [6.45, 7) is 4.01. The summed E-state index contributed by atoms with van der Waals surface area (Å²) in [5, 5.41) is 3.94. The third-order valence-electron chi connectivity index (χ3n) is 4.16. The Labute approximate surface area is 153 Å². The number of aryl methyl sites for hydroxylation is 2. The third-order valence-corrected chi connectivity index (χ3v) is 6.17. The monoisotopic (exact) mass is 371 g/mol. The first-order valence-electron chi connectivity index (χ1n) is 8.29. The van der Waals surface area contributed by atoms with Gasteiger partial charge < -0.3 is 4.52 Å². The summed E-state index contributed by atoms with van der Waals surface area (Å²) < 4.78 is 32.1. The highest BCUT2D eigenvalue weighted by Gasteiger charge is 2.23. The normalized spacial score (nSPS) is 11.8. The Hall–Kier alpha value is -2.51. The fraction of sp³-hybridized carbons (Fsp3) is 0.263. The van der Waals surface area contributed by atoms with Crippen LogP contribution < -0.4 is 0 Å². The Kier molecular flexibility index (Phi) is 5.20. The van der Waals surface area contributed by atoms with Crippen molar-refractivity contribution in [1.29, 1.82) is 0 Å². The van der Waals surface area contributed by atoms with E-state index in [-0.39, 0.29) is 6.54 Å². The Morgan fingerprint density at radius 3 is 2.50 bits per heavy atom. The topological polar surface area (TPSA) is 76.3 Å². The minimum Gasteiger partial charge on any atom is -0.334 e. The molecule has 2 aromatic carbocycles. The van der Waals surface area contributed by atoms with Gasteiger partial charge in [0.2, 0.25) is 10.0 Å². The molecule has 136 valence electrons. The van der Waals surface area contributed by atoms with Crippen LogP contribution in [0.3, 0.4) is 0 Å². The fourth-order valence-corrected chi connectivity index (χ4v) is 4.06. The van der Waals surface area contributed by atoms with Crippen molar-refractivity contribution in [3.05, 3.63) is 65.5 Å². The van der Waals surface area contributed by atoms with E-state index in [0.717, 1.165) is 16.7 Å². The summed E-state index contributed by atoms with van der Waals surface area (Å²) in [5.41, 5.74) is 2.61. The molecule has 0 saturated heterocycles. The maximum absolute atomic E-state index is 12.8. The van der Waals surface area contributed by atoms with Crippen molar-refractivity contribution in [1.82, 2.24) is 14.4 Å². The molecular weight excluding hydrogens is 350 g/mol. The van der Waals surface area contributed by atoms with E-state index in [4.69, 9.17) is 4.52 Å². The van der Waals surface area contributed by atoms with Crippen molar-refractivity contribution in [2.45, 2.75) is 25.2 Å². The first kappa shape index (κ1) is 18.3. The van der Waals surface area contributed by atoms with Crippen LogP contribution in [0.2, 0.25) is 0 Å². The lowest BCUT2D eigenvalue weighted by molar-refractivity contribution is 0.415. The molecule has 0 spiro atoms. The van der Waals surface area contributed by atoms with Crippen LogP contribution in [0.5, 0.6) is 0 Å². The zero-order valence-electron chi connectivity index (χ0n) is 15.0. The Morgan fingerprint density at radius 2 is 1.81 bits per heavy atom. The molecule has 0 fully saturated rings. The molecule has 0 aliphatic heterocycles. The van der Waals surface area contributed by atoms with Gasteiger partial charge in [0.15, 0.2) is 5.82 Å². The quantitative estimate of drug-likeness (QED) is 0.665. The standard InChI is InChI=1S/C19H21N3O3S/c1-14-9-10-17(15(2)13-14)26(23,24)22(3)12-11-18-20-19(25-21-18)16-7-5-4-6-8-16/h4-10,13H,11-12H2,1-3H3. The van der Waals surface area contributed by atoms with Crippen LogP contribution in [0.25, 0.3) is 11.5 Å². The molecule has 0 amide bonds. The molecule has 1 aromatic heterocycles. The molecule has 0 aliphatic rings. The Morgan fingerprint density at radius 1 is 1.08 bits per heavy atom. The lowest BCUT2D eigenvalue weighted by Gasteiger charge is -2.18. The van der Waals surface area contributed by atoms with E-state index in [1.54, 1.807) is 26.1 Å². The summed E-state index contributed by atoms with van der Waals surface area (Å²) >= 11 is 0. The van der Waals surface area contributed by atoms with Crippen molar-refractivity contribution in [3.8, 4) is 11.5 Å². The number of rotatable bonds is 6. The van der Waals surface area contributed by atoms with Crippen LogP contribution in [0.1, 0.15) is 17.0 Å². The van der Waals surface area contributed by atoms with E-state index in [0.29, 0.717) is 23.0 Å². The molecule has 0 radical (unpaired) electrons. The fourth-order valence-electron chi connectivity index (χ4n) is 2.69. The number of nitrogens with zero attached hydrogens (tertiary/aromatic N) is 3. The smallest absolute Gasteiger partial charge is 0.257 e. The predicted octanol–water partition coefficient (Wildman–Crippen LogP) is 3.22. The number of hydrogen-bond donors (Lipinski definition) is 0. The number of likely N-dealkylation sites (N-methyl/N-ethyl adjacent to an activating group) is 1. The molecule has 1 heterocycles. The summed E-state index contributed by atoms with van der Waals surface area (Å²) in [6, 6.07) is 14.8. The summed E-state index contributed by atoms with van der Waals surface area (Å²) in [5.74, 6) is 0.909. The van der Waals surface area contributed by atoms with E-state index < -0.39 is 10.0 Å². The average molecular weight is 371 g/mol. The molecule has 3 aromatic rings. The predicted molar refractivity (Wildman–Crippen MR) is 99.2 cm³/mol. The second kappa shape index (κ2) is 7.39. The number of benzene rings is 2. The minimum atomic E-state index is -3.55. The van der Waals surface area contributed by atoms with Crippen LogP contribution >= 0.6 is 0 Å². The van der Waals surface area contributed by atoms with E-state index in [2.05, 4.69) is 10.1 Å². The second-order valence-electron chi connectivity index (χ2n) is 6.23. The van der Waals surface area contributed by atoms with Gasteiger partial charge in [0.1, 0.15) is 0 Å². The van der Waals surface area contributed by atoms with Gasteiger partial charge in [-0.3, -0.25) is 0 Å². The second-order valence-corrected chi connectivity index (χ2v) is 8.24. The SMILES string of the molecule is Cc1ccc(S(=O)(=O)N(C)CCc2noc(-c3ccccc3)n2)c(C)c1.